The van der Waals surface area contributed by atoms with Crippen LogP contribution in [-0.2, 0) is 24.2 Å². The van der Waals surface area contributed by atoms with Crippen LogP contribution in [0.25, 0.3) is 0 Å². The van der Waals surface area contributed by atoms with Crippen molar-refractivity contribution < 1.29 is 22.6 Å². The number of methoxy groups -OCH3 is 1. The van der Waals surface area contributed by atoms with Gasteiger partial charge in [-0.15, -0.1) is 0 Å². The second-order valence-electron chi connectivity index (χ2n) is 5.89. The molecule has 0 atom stereocenters. The van der Waals surface area contributed by atoms with Gasteiger partial charge in [-0.3, -0.25) is 0 Å². The first-order chi connectivity index (χ1) is 11.3. The fourth-order valence-electron chi connectivity index (χ4n) is 1.99. The number of rotatable bonds is 12. The van der Waals surface area contributed by atoms with Crippen molar-refractivity contribution in [2.45, 2.75) is 31.9 Å². The highest BCUT2D eigenvalue weighted by Gasteiger charge is 2.35. The van der Waals surface area contributed by atoms with Gasteiger partial charge in [0.25, 0.3) is 0 Å². The lowest BCUT2D eigenvalue weighted by molar-refractivity contribution is 0.0544. The fraction of sp³-hybridized carbons (Fsp3) is 0.647. The lowest BCUT2D eigenvalue weighted by Gasteiger charge is -2.25. The van der Waals surface area contributed by atoms with E-state index in [0.717, 1.165) is 12.0 Å². The van der Waals surface area contributed by atoms with Crippen LogP contribution in [0.15, 0.2) is 24.3 Å². The lowest BCUT2D eigenvalue weighted by atomic mass is 10.0. The number of ether oxygens (including phenoxy) is 3. The van der Waals surface area contributed by atoms with E-state index in [-0.39, 0.29) is 0 Å². The van der Waals surface area contributed by atoms with Crippen molar-refractivity contribution in [3.8, 4) is 5.75 Å². The van der Waals surface area contributed by atoms with Crippen molar-refractivity contribution in [3.05, 3.63) is 29.8 Å². The maximum atomic E-state index is 12.4. The zero-order valence-corrected chi connectivity index (χ0v) is 15.8. The van der Waals surface area contributed by atoms with Crippen LogP contribution in [0.4, 0.5) is 0 Å². The van der Waals surface area contributed by atoms with Gasteiger partial charge in [-0.2, -0.15) is 0 Å². The molecular formula is C17H29NO5S. The normalized spacial score (nSPS) is 12.3. The van der Waals surface area contributed by atoms with Gasteiger partial charge in [-0.25, -0.2) is 13.1 Å². The van der Waals surface area contributed by atoms with Crippen LogP contribution < -0.4 is 9.46 Å². The molecule has 0 radical (unpaired) electrons. The molecule has 0 saturated carbocycles. The smallest absolute Gasteiger partial charge is 0.221 e. The van der Waals surface area contributed by atoms with E-state index in [1.165, 1.54) is 0 Å². The summed E-state index contributed by atoms with van der Waals surface area (Å²) >= 11 is 0. The largest absolute Gasteiger partial charge is 0.491 e. The monoisotopic (exact) mass is 359 g/mol. The van der Waals surface area contributed by atoms with E-state index in [4.69, 9.17) is 14.2 Å². The Kier molecular flexibility index (Phi) is 8.69. The molecule has 0 aliphatic rings. The van der Waals surface area contributed by atoms with Crippen LogP contribution in [0.2, 0.25) is 0 Å². The van der Waals surface area contributed by atoms with Gasteiger partial charge in [0.2, 0.25) is 10.0 Å². The summed E-state index contributed by atoms with van der Waals surface area (Å²) in [5.74, 6) is 0.684. The first kappa shape index (κ1) is 20.9. The lowest BCUT2D eigenvalue weighted by Crippen LogP contribution is -2.39. The van der Waals surface area contributed by atoms with E-state index in [1.54, 1.807) is 45.2 Å². The molecule has 1 aromatic rings. The molecule has 0 saturated heterocycles. The van der Waals surface area contributed by atoms with Crippen LogP contribution in [-0.4, -0.2) is 48.5 Å². The van der Waals surface area contributed by atoms with Gasteiger partial charge in [0, 0.05) is 13.7 Å². The highest BCUT2D eigenvalue weighted by molar-refractivity contribution is 7.90. The molecule has 1 rings (SSSR count). The predicted molar refractivity (Wildman–Crippen MR) is 94.9 cm³/mol. The van der Waals surface area contributed by atoms with E-state index in [9.17, 15) is 8.42 Å². The Morgan fingerprint density at radius 3 is 2.25 bits per heavy atom. The second kappa shape index (κ2) is 9.98. The third-order valence-electron chi connectivity index (χ3n) is 3.69. The number of nitrogens with one attached hydrogen (secondary N) is 1. The molecule has 24 heavy (non-hydrogen) atoms. The number of benzene rings is 1. The molecule has 0 heterocycles. The predicted octanol–water partition coefficient (Wildman–Crippen LogP) is 2.29. The number of hydrogen-bond donors (Lipinski definition) is 1. The van der Waals surface area contributed by atoms with E-state index in [0.29, 0.717) is 38.7 Å². The van der Waals surface area contributed by atoms with E-state index in [2.05, 4.69) is 4.72 Å². The Hall–Kier alpha value is -1.15. The molecule has 138 valence electrons. The van der Waals surface area contributed by atoms with E-state index < -0.39 is 14.8 Å². The minimum Gasteiger partial charge on any atom is -0.491 e. The van der Waals surface area contributed by atoms with Crippen molar-refractivity contribution in [1.29, 1.82) is 0 Å². The van der Waals surface area contributed by atoms with Crippen molar-refractivity contribution in [1.82, 2.24) is 4.72 Å². The zero-order chi connectivity index (χ0) is 18.1. The molecule has 6 nitrogen and oxygen atoms in total. The molecule has 0 bridgehead atoms. The maximum Gasteiger partial charge on any atom is 0.221 e. The minimum atomic E-state index is -3.44. The summed E-state index contributed by atoms with van der Waals surface area (Å²) in [6.07, 6.45) is 0.758. The molecular weight excluding hydrogens is 330 g/mol. The Labute approximate surface area is 145 Å². The van der Waals surface area contributed by atoms with Gasteiger partial charge in [0.1, 0.15) is 17.1 Å². The average Bonchev–Trinajstić information content (AvgIpc) is 2.56. The van der Waals surface area contributed by atoms with Gasteiger partial charge in [0.15, 0.2) is 0 Å². The maximum absolute atomic E-state index is 12.4. The highest BCUT2D eigenvalue weighted by Crippen LogP contribution is 2.30. The zero-order valence-electron chi connectivity index (χ0n) is 15.0. The average molecular weight is 359 g/mol. The molecule has 1 aromatic carbocycles. The molecule has 0 spiro atoms. The molecule has 0 aromatic heterocycles. The second-order valence-corrected chi connectivity index (χ2v) is 8.20. The molecule has 0 fully saturated rings. The Balaban J connectivity index is 2.59. The summed E-state index contributed by atoms with van der Waals surface area (Å²) in [5, 5.41) is 0. The SMILES string of the molecule is CCCNS(=O)(=O)C(C)(C)c1ccc(OCCOCCOC)cc1. The minimum absolute atomic E-state index is 0.433. The van der Waals surface area contributed by atoms with Gasteiger partial charge >= 0.3 is 0 Å². The molecule has 7 heteroatoms. The summed E-state index contributed by atoms with van der Waals surface area (Å²) in [7, 11) is -1.81. The molecule has 0 amide bonds. The van der Waals surface area contributed by atoms with E-state index in [1.807, 2.05) is 6.92 Å². The number of sulfonamides is 1. The van der Waals surface area contributed by atoms with Crippen LogP contribution in [0.1, 0.15) is 32.8 Å². The Morgan fingerprint density at radius 1 is 1.04 bits per heavy atom. The topological polar surface area (TPSA) is 73.9 Å². The summed E-state index contributed by atoms with van der Waals surface area (Å²) < 4.78 is 42.2. The molecule has 0 unspecified atom stereocenters. The van der Waals surface area contributed by atoms with Crippen LogP contribution in [0, 0.1) is 0 Å². The quantitative estimate of drug-likeness (QED) is 0.580. The van der Waals surface area contributed by atoms with Crippen LogP contribution >= 0.6 is 0 Å². The Morgan fingerprint density at radius 2 is 1.67 bits per heavy atom. The summed E-state index contributed by atoms with van der Waals surface area (Å²) in [5.41, 5.74) is 0.717. The van der Waals surface area contributed by atoms with Crippen molar-refractivity contribution in [2.75, 3.05) is 40.1 Å². The standard InChI is InChI=1S/C17H29NO5S/c1-5-10-18-24(19,20)17(2,3)15-6-8-16(9-7-15)23-14-13-22-12-11-21-4/h6-9,18H,5,10-14H2,1-4H3. The third-order valence-corrected chi connectivity index (χ3v) is 5.86. The molecule has 0 aliphatic carbocycles. The Bertz CT molecular complexity index is 569. The van der Waals surface area contributed by atoms with Crippen molar-refractivity contribution in [2.24, 2.45) is 0 Å². The third kappa shape index (κ3) is 6.05. The first-order valence-corrected chi connectivity index (χ1v) is 9.62. The fourth-order valence-corrected chi connectivity index (χ4v) is 3.27. The molecule has 0 aliphatic heterocycles. The van der Waals surface area contributed by atoms with Gasteiger partial charge in [-0.05, 0) is 38.0 Å². The number of hydrogen-bond acceptors (Lipinski definition) is 5. The van der Waals surface area contributed by atoms with Crippen molar-refractivity contribution in [3.63, 3.8) is 0 Å². The van der Waals surface area contributed by atoms with Gasteiger partial charge < -0.3 is 14.2 Å². The summed E-state index contributed by atoms with van der Waals surface area (Å²) in [6, 6.07) is 7.13. The van der Waals surface area contributed by atoms with Crippen molar-refractivity contribution >= 4 is 10.0 Å². The van der Waals surface area contributed by atoms with Crippen LogP contribution in [0.3, 0.4) is 0 Å². The first-order valence-electron chi connectivity index (χ1n) is 8.14. The van der Waals surface area contributed by atoms with Gasteiger partial charge in [-0.1, -0.05) is 19.1 Å². The summed E-state index contributed by atoms with van der Waals surface area (Å²) in [6.45, 7) is 7.78. The van der Waals surface area contributed by atoms with Gasteiger partial charge in [0.05, 0.1) is 19.8 Å². The van der Waals surface area contributed by atoms with E-state index >= 15 is 0 Å². The summed E-state index contributed by atoms with van der Waals surface area (Å²) in [4.78, 5) is 0. The highest BCUT2D eigenvalue weighted by atomic mass is 32.2. The molecule has 1 N–H and O–H groups in total. The van der Waals surface area contributed by atoms with Crippen LogP contribution in [0.5, 0.6) is 5.75 Å².